The first-order chi connectivity index (χ1) is 14.9. The lowest BCUT2D eigenvalue weighted by Gasteiger charge is -2.26. The van der Waals surface area contributed by atoms with Gasteiger partial charge in [-0.2, -0.15) is 5.10 Å². The number of aryl methyl sites for hydroxylation is 3. The summed E-state index contributed by atoms with van der Waals surface area (Å²) < 4.78 is 1.84. The number of rotatable bonds is 5. The van der Waals surface area contributed by atoms with Crippen molar-refractivity contribution in [2.45, 2.75) is 20.8 Å². The Morgan fingerprint density at radius 1 is 0.968 bits per heavy atom. The van der Waals surface area contributed by atoms with Gasteiger partial charge < -0.3 is 15.1 Å². The summed E-state index contributed by atoms with van der Waals surface area (Å²) in [5, 5.41) is 8.02. The molecule has 2 heterocycles. The Morgan fingerprint density at radius 3 is 2.35 bits per heavy atom. The van der Waals surface area contributed by atoms with Gasteiger partial charge in [-0.3, -0.25) is 4.79 Å². The highest BCUT2D eigenvalue weighted by Gasteiger charge is 2.23. The molecule has 1 aliphatic heterocycles. The highest BCUT2D eigenvalue weighted by molar-refractivity contribution is 5.91. The van der Waals surface area contributed by atoms with E-state index in [0.29, 0.717) is 12.4 Å². The Hall–Kier alpha value is -2.96. The number of hydrogen-bond acceptors (Lipinski definition) is 2. The number of quaternary nitrogens is 2. The van der Waals surface area contributed by atoms with Crippen LogP contribution in [0.15, 0.2) is 48.5 Å². The van der Waals surface area contributed by atoms with Gasteiger partial charge in [-0.05, 0) is 55.7 Å². The van der Waals surface area contributed by atoms with Crippen LogP contribution in [0.25, 0.3) is 16.9 Å². The lowest BCUT2D eigenvalue weighted by molar-refractivity contribution is -0.999. The molecule has 0 spiro atoms. The fourth-order valence-corrected chi connectivity index (χ4v) is 4.23. The van der Waals surface area contributed by atoms with Crippen LogP contribution < -0.4 is 15.1 Å². The number of carbonyl (C=O) groups is 1. The molecule has 6 heteroatoms. The van der Waals surface area contributed by atoms with Crippen LogP contribution in [0.5, 0.6) is 0 Å². The topological polar surface area (TPSA) is 55.8 Å². The molecule has 3 N–H and O–H groups in total. The molecule has 1 saturated heterocycles. The maximum absolute atomic E-state index is 12.9. The Kier molecular flexibility index (Phi) is 6.20. The van der Waals surface area contributed by atoms with Crippen molar-refractivity contribution in [3.05, 3.63) is 65.2 Å². The number of nitrogens with one attached hydrogen (secondary N) is 3. The van der Waals surface area contributed by atoms with Crippen LogP contribution in [0.1, 0.15) is 16.7 Å². The number of piperazine rings is 1. The van der Waals surface area contributed by atoms with Gasteiger partial charge in [-0.1, -0.05) is 24.3 Å². The van der Waals surface area contributed by atoms with Crippen molar-refractivity contribution in [2.24, 2.45) is 0 Å². The van der Waals surface area contributed by atoms with E-state index in [0.717, 1.165) is 43.1 Å². The van der Waals surface area contributed by atoms with Gasteiger partial charge in [0.2, 0.25) is 0 Å². The van der Waals surface area contributed by atoms with Gasteiger partial charge in [-0.25, -0.2) is 4.68 Å². The zero-order chi connectivity index (χ0) is 22.0. The smallest absolute Gasteiger partial charge is 0.280 e. The largest absolute Gasteiger partial charge is 0.328 e. The van der Waals surface area contributed by atoms with Gasteiger partial charge >= 0.3 is 0 Å². The lowest BCUT2D eigenvalue weighted by atomic mass is 9.99. The predicted octanol–water partition coefficient (Wildman–Crippen LogP) is 0.816. The second kappa shape index (κ2) is 9.04. The van der Waals surface area contributed by atoms with Crippen LogP contribution in [-0.4, -0.2) is 55.5 Å². The molecule has 1 aliphatic rings. The second-order valence-corrected chi connectivity index (χ2v) is 8.85. The first kappa shape index (κ1) is 21.3. The summed E-state index contributed by atoms with van der Waals surface area (Å²) in [5.74, 6) is 0.748. The maximum Gasteiger partial charge on any atom is 0.280 e. The van der Waals surface area contributed by atoms with Crippen LogP contribution in [0.4, 0.5) is 5.82 Å². The summed E-state index contributed by atoms with van der Waals surface area (Å²) in [6.07, 6.45) is 0. The monoisotopic (exact) mass is 419 g/mol. The number of nitrogens with zero attached hydrogens (tertiary/aromatic N) is 2. The number of hydrogen-bond donors (Lipinski definition) is 3. The van der Waals surface area contributed by atoms with E-state index in [-0.39, 0.29) is 5.91 Å². The average molecular weight is 420 g/mol. The van der Waals surface area contributed by atoms with E-state index >= 15 is 0 Å². The number of likely N-dealkylation sites (N-methyl/N-ethyl adjacent to an activating group) is 1. The van der Waals surface area contributed by atoms with E-state index in [2.05, 4.69) is 45.3 Å². The predicted molar refractivity (Wildman–Crippen MR) is 124 cm³/mol. The number of aromatic nitrogens is 2. The van der Waals surface area contributed by atoms with E-state index in [1.807, 2.05) is 41.1 Å². The first-order valence-electron chi connectivity index (χ1n) is 11.1. The molecule has 0 aliphatic carbocycles. The third kappa shape index (κ3) is 4.86. The average Bonchev–Trinajstić information content (AvgIpc) is 3.16. The van der Waals surface area contributed by atoms with Crippen molar-refractivity contribution < 1.29 is 14.6 Å². The molecule has 0 radical (unpaired) electrons. The molecule has 1 amide bonds. The van der Waals surface area contributed by atoms with Gasteiger partial charge in [0.25, 0.3) is 5.91 Å². The molecule has 31 heavy (non-hydrogen) atoms. The van der Waals surface area contributed by atoms with Crippen LogP contribution in [0.3, 0.4) is 0 Å². The Morgan fingerprint density at radius 2 is 1.65 bits per heavy atom. The zero-order valence-electron chi connectivity index (χ0n) is 19.0. The van der Waals surface area contributed by atoms with Gasteiger partial charge in [0.1, 0.15) is 32.0 Å². The van der Waals surface area contributed by atoms with Crippen molar-refractivity contribution >= 4 is 11.7 Å². The minimum absolute atomic E-state index is 0.0370. The molecular weight excluding hydrogens is 386 g/mol. The molecule has 6 nitrogen and oxygen atoms in total. The second-order valence-electron chi connectivity index (χ2n) is 8.85. The minimum Gasteiger partial charge on any atom is -0.328 e. The number of anilines is 1. The van der Waals surface area contributed by atoms with Crippen LogP contribution in [0.2, 0.25) is 0 Å². The molecular formula is C25H33N5O+2. The van der Waals surface area contributed by atoms with Crippen molar-refractivity contribution in [2.75, 3.05) is 45.1 Å². The van der Waals surface area contributed by atoms with E-state index < -0.39 is 0 Å². The van der Waals surface area contributed by atoms with Gasteiger partial charge in [0, 0.05) is 11.6 Å². The number of para-hydroxylation sites is 1. The summed E-state index contributed by atoms with van der Waals surface area (Å²) in [6.45, 7) is 11.1. The van der Waals surface area contributed by atoms with E-state index in [9.17, 15) is 4.79 Å². The Labute approximate surface area is 184 Å². The summed E-state index contributed by atoms with van der Waals surface area (Å²) >= 11 is 0. The summed E-state index contributed by atoms with van der Waals surface area (Å²) in [6, 6.07) is 16.3. The summed E-state index contributed by atoms with van der Waals surface area (Å²) in [4.78, 5) is 15.8. The third-order valence-electron chi connectivity index (χ3n) is 6.32. The molecule has 0 saturated carbocycles. The number of carbonyl (C=O) groups excluding carboxylic acids is 1. The highest BCUT2D eigenvalue weighted by atomic mass is 16.2. The number of benzene rings is 2. The molecule has 1 fully saturated rings. The molecule has 0 bridgehead atoms. The molecule has 2 aromatic carbocycles. The van der Waals surface area contributed by atoms with Crippen LogP contribution in [-0.2, 0) is 4.79 Å². The third-order valence-corrected chi connectivity index (χ3v) is 6.32. The Balaban J connectivity index is 1.63. The summed E-state index contributed by atoms with van der Waals surface area (Å²) in [7, 11) is 2.21. The van der Waals surface area contributed by atoms with Gasteiger partial charge in [-0.15, -0.1) is 0 Å². The van der Waals surface area contributed by atoms with Crippen molar-refractivity contribution in [3.8, 4) is 16.9 Å². The maximum atomic E-state index is 12.9. The van der Waals surface area contributed by atoms with E-state index in [1.54, 1.807) is 4.90 Å². The standard InChI is InChI=1S/C25H31N5O/c1-18-14-20(3)22(15-19(18)2)23-16-24(30(27-23)21-8-6-5-7-9-21)26-25(31)17-29-12-10-28(4)11-13-29/h5-9,14-16H,10-13,17H2,1-4H3,(H,26,31)/p+2. The van der Waals surface area contributed by atoms with Gasteiger partial charge in [0.15, 0.2) is 6.54 Å². The fourth-order valence-electron chi connectivity index (χ4n) is 4.23. The minimum atomic E-state index is 0.0370. The van der Waals surface area contributed by atoms with Crippen molar-refractivity contribution in [1.29, 1.82) is 0 Å². The van der Waals surface area contributed by atoms with Crippen LogP contribution in [0, 0.1) is 20.8 Å². The van der Waals surface area contributed by atoms with Crippen molar-refractivity contribution in [3.63, 3.8) is 0 Å². The molecule has 3 aromatic rings. The first-order valence-corrected chi connectivity index (χ1v) is 11.1. The highest BCUT2D eigenvalue weighted by Crippen LogP contribution is 2.29. The SMILES string of the molecule is Cc1cc(C)c(-c2cc(NC(=O)C[NH+]3CC[NH+](C)CC3)n(-c3ccccc3)n2)cc1C. The van der Waals surface area contributed by atoms with E-state index in [1.165, 1.54) is 21.6 Å². The van der Waals surface area contributed by atoms with E-state index in [4.69, 9.17) is 5.10 Å². The van der Waals surface area contributed by atoms with Crippen molar-refractivity contribution in [1.82, 2.24) is 9.78 Å². The fraction of sp³-hybridized carbons (Fsp3) is 0.360. The molecule has 0 atom stereocenters. The molecule has 0 unspecified atom stereocenters. The van der Waals surface area contributed by atoms with Crippen LogP contribution >= 0.6 is 0 Å². The molecule has 1 aromatic heterocycles. The zero-order valence-corrected chi connectivity index (χ0v) is 19.0. The normalized spacial score (nSPS) is 18.7. The Bertz CT molecular complexity index is 1070. The number of amides is 1. The lowest BCUT2D eigenvalue weighted by Crippen LogP contribution is -3.27. The quantitative estimate of drug-likeness (QED) is 0.574. The summed E-state index contributed by atoms with van der Waals surface area (Å²) in [5.41, 5.74) is 6.59. The molecule has 162 valence electrons. The molecule has 4 rings (SSSR count). The van der Waals surface area contributed by atoms with Gasteiger partial charge in [0.05, 0.1) is 18.4 Å².